The molecule has 1 aromatic heterocycles. The van der Waals surface area contributed by atoms with Crippen LogP contribution in [0.5, 0.6) is 17.2 Å². The number of hydrogen-bond acceptors (Lipinski definition) is 8. The standard InChI is InChI=1S/C24H32N2O7/c1-7-13-25-14-17-20(16-9-11-18(29-3)23(32-6)22(16)31-5)15(10-12-19(27)30-4)21(26-17)24(28)33-8-2/h9-12,25-26H,7-8,13-14H2,1-6H3. The maximum Gasteiger partial charge on any atom is 0.355 e. The summed E-state index contributed by atoms with van der Waals surface area (Å²) in [6.45, 7) is 5.22. The minimum atomic E-state index is -0.554. The molecule has 9 nitrogen and oxygen atoms in total. The number of esters is 2. The minimum absolute atomic E-state index is 0.205. The van der Waals surface area contributed by atoms with E-state index in [2.05, 4.69) is 17.2 Å². The number of hydrogen-bond donors (Lipinski definition) is 2. The zero-order valence-corrected chi connectivity index (χ0v) is 20.0. The normalized spacial score (nSPS) is 10.8. The molecule has 2 rings (SSSR count). The van der Waals surface area contributed by atoms with Gasteiger partial charge in [-0.15, -0.1) is 0 Å². The van der Waals surface area contributed by atoms with Gasteiger partial charge >= 0.3 is 11.9 Å². The summed E-state index contributed by atoms with van der Waals surface area (Å²) in [4.78, 5) is 27.8. The number of ether oxygens (including phenoxy) is 5. The van der Waals surface area contributed by atoms with Crippen molar-refractivity contribution >= 4 is 18.0 Å². The molecule has 180 valence electrons. The third kappa shape index (κ3) is 5.87. The fourth-order valence-corrected chi connectivity index (χ4v) is 3.45. The molecular weight excluding hydrogens is 428 g/mol. The molecule has 1 heterocycles. The van der Waals surface area contributed by atoms with Gasteiger partial charge in [0.15, 0.2) is 11.5 Å². The average molecular weight is 461 g/mol. The molecule has 1 aromatic carbocycles. The quantitative estimate of drug-likeness (QED) is 0.281. The maximum atomic E-state index is 12.8. The van der Waals surface area contributed by atoms with E-state index < -0.39 is 11.9 Å². The Morgan fingerprint density at radius 2 is 1.76 bits per heavy atom. The van der Waals surface area contributed by atoms with E-state index in [1.165, 1.54) is 40.6 Å². The summed E-state index contributed by atoms with van der Waals surface area (Å²) in [5.74, 6) is 0.241. The number of H-pyrrole nitrogens is 1. The van der Waals surface area contributed by atoms with E-state index in [4.69, 9.17) is 23.7 Å². The first-order chi connectivity index (χ1) is 16.0. The van der Waals surface area contributed by atoms with Crippen LogP contribution in [0.4, 0.5) is 0 Å². The highest BCUT2D eigenvalue weighted by Crippen LogP contribution is 2.47. The second-order valence-corrected chi connectivity index (χ2v) is 6.90. The number of benzene rings is 1. The summed E-state index contributed by atoms with van der Waals surface area (Å²) in [7, 11) is 5.87. The fraction of sp³-hybridized carbons (Fsp3) is 0.417. The molecule has 0 spiro atoms. The minimum Gasteiger partial charge on any atom is -0.493 e. The molecular formula is C24H32N2O7. The Kier molecular flexibility index (Phi) is 9.81. The van der Waals surface area contributed by atoms with Crippen LogP contribution in [-0.4, -0.2) is 58.5 Å². The van der Waals surface area contributed by atoms with Gasteiger partial charge in [0.1, 0.15) is 5.69 Å². The van der Waals surface area contributed by atoms with Gasteiger partial charge < -0.3 is 34.0 Å². The largest absolute Gasteiger partial charge is 0.493 e. The van der Waals surface area contributed by atoms with E-state index in [9.17, 15) is 9.59 Å². The Balaban J connectivity index is 2.86. The summed E-state index contributed by atoms with van der Waals surface area (Å²) in [5.41, 5.74) is 2.73. The number of aromatic nitrogens is 1. The second-order valence-electron chi connectivity index (χ2n) is 6.90. The summed E-state index contributed by atoms with van der Waals surface area (Å²) in [5, 5.41) is 3.34. The monoisotopic (exact) mass is 460 g/mol. The molecule has 0 radical (unpaired) electrons. The van der Waals surface area contributed by atoms with E-state index in [-0.39, 0.29) is 12.3 Å². The third-order valence-corrected chi connectivity index (χ3v) is 4.89. The third-order valence-electron chi connectivity index (χ3n) is 4.89. The molecule has 0 aliphatic heterocycles. The molecule has 0 amide bonds. The summed E-state index contributed by atoms with van der Waals surface area (Å²) >= 11 is 0. The number of aromatic amines is 1. The van der Waals surface area contributed by atoms with E-state index >= 15 is 0 Å². The highest BCUT2D eigenvalue weighted by atomic mass is 16.5. The molecule has 0 atom stereocenters. The van der Waals surface area contributed by atoms with Gasteiger partial charge in [0.05, 0.1) is 35.0 Å². The van der Waals surface area contributed by atoms with Crippen LogP contribution in [0.2, 0.25) is 0 Å². The second kappa shape index (κ2) is 12.5. The molecule has 0 fully saturated rings. The van der Waals surface area contributed by atoms with Crippen molar-refractivity contribution in [1.29, 1.82) is 0 Å². The first-order valence-electron chi connectivity index (χ1n) is 10.6. The molecule has 0 aliphatic carbocycles. The van der Waals surface area contributed by atoms with Gasteiger partial charge in [-0.05, 0) is 38.1 Å². The predicted molar refractivity (Wildman–Crippen MR) is 125 cm³/mol. The smallest absolute Gasteiger partial charge is 0.355 e. The Labute approximate surface area is 194 Å². The van der Waals surface area contributed by atoms with Crippen molar-refractivity contribution in [2.24, 2.45) is 0 Å². The summed E-state index contributed by atoms with van der Waals surface area (Å²) in [6.07, 6.45) is 3.73. The Morgan fingerprint density at radius 3 is 2.33 bits per heavy atom. The van der Waals surface area contributed by atoms with Crippen LogP contribution < -0.4 is 19.5 Å². The summed E-state index contributed by atoms with van der Waals surface area (Å²) < 4.78 is 26.6. The van der Waals surface area contributed by atoms with Gasteiger partial charge in [0.2, 0.25) is 5.75 Å². The van der Waals surface area contributed by atoms with Crippen LogP contribution in [0.3, 0.4) is 0 Å². The number of rotatable bonds is 12. The zero-order chi connectivity index (χ0) is 24.4. The van der Waals surface area contributed by atoms with Crippen molar-refractivity contribution in [1.82, 2.24) is 10.3 Å². The molecule has 9 heteroatoms. The molecule has 0 aliphatic rings. The number of nitrogens with one attached hydrogen (secondary N) is 2. The molecule has 0 saturated heterocycles. The van der Waals surface area contributed by atoms with Gasteiger partial charge in [-0.3, -0.25) is 0 Å². The van der Waals surface area contributed by atoms with Crippen LogP contribution in [0, 0.1) is 0 Å². The van der Waals surface area contributed by atoms with E-state index in [1.807, 2.05) is 6.07 Å². The van der Waals surface area contributed by atoms with Crippen molar-refractivity contribution in [2.75, 3.05) is 41.6 Å². The van der Waals surface area contributed by atoms with Crippen molar-refractivity contribution in [3.63, 3.8) is 0 Å². The highest BCUT2D eigenvalue weighted by molar-refractivity contribution is 6.00. The van der Waals surface area contributed by atoms with Crippen molar-refractivity contribution < 1.29 is 33.3 Å². The van der Waals surface area contributed by atoms with E-state index in [0.29, 0.717) is 40.5 Å². The van der Waals surface area contributed by atoms with Crippen LogP contribution in [-0.2, 0) is 20.8 Å². The average Bonchev–Trinajstić information content (AvgIpc) is 3.19. The van der Waals surface area contributed by atoms with Crippen molar-refractivity contribution in [2.45, 2.75) is 26.8 Å². The molecule has 0 bridgehead atoms. The van der Waals surface area contributed by atoms with Gasteiger partial charge in [0.25, 0.3) is 0 Å². The maximum absolute atomic E-state index is 12.8. The lowest BCUT2D eigenvalue weighted by atomic mass is 9.97. The first-order valence-corrected chi connectivity index (χ1v) is 10.6. The number of methoxy groups -OCH3 is 4. The zero-order valence-electron chi connectivity index (χ0n) is 20.0. The van der Waals surface area contributed by atoms with Gasteiger partial charge in [0, 0.05) is 35.0 Å². The number of carbonyl (C=O) groups is 2. The van der Waals surface area contributed by atoms with Crippen LogP contribution >= 0.6 is 0 Å². The van der Waals surface area contributed by atoms with Crippen molar-refractivity contribution in [3.8, 4) is 28.4 Å². The Hall–Kier alpha value is -3.46. The predicted octanol–water partition coefficient (Wildman–Crippen LogP) is 3.57. The SMILES string of the molecule is CCCNCc1[nH]c(C(=O)OCC)c(C=CC(=O)OC)c1-c1ccc(OC)c(OC)c1OC. The Bertz CT molecular complexity index is 995. The highest BCUT2D eigenvalue weighted by Gasteiger charge is 2.27. The topological polar surface area (TPSA) is 108 Å². The first kappa shape index (κ1) is 25.8. The van der Waals surface area contributed by atoms with E-state index in [0.717, 1.165) is 18.7 Å². The molecule has 2 N–H and O–H groups in total. The van der Waals surface area contributed by atoms with Crippen LogP contribution in [0.25, 0.3) is 17.2 Å². The van der Waals surface area contributed by atoms with Crippen LogP contribution in [0.1, 0.15) is 42.0 Å². The van der Waals surface area contributed by atoms with Crippen LogP contribution in [0.15, 0.2) is 18.2 Å². The lowest BCUT2D eigenvalue weighted by Crippen LogP contribution is -2.15. The van der Waals surface area contributed by atoms with E-state index in [1.54, 1.807) is 13.0 Å². The fourth-order valence-electron chi connectivity index (χ4n) is 3.45. The molecule has 0 unspecified atom stereocenters. The van der Waals surface area contributed by atoms with Gasteiger partial charge in [-0.2, -0.15) is 0 Å². The lowest BCUT2D eigenvalue weighted by Gasteiger charge is -2.17. The van der Waals surface area contributed by atoms with Gasteiger partial charge in [-0.1, -0.05) is 6.92 Å². The lowest BCUT2D eigenvalue weighted by molar-refractivity contribution is -0.134. The summed E-state index contributed by atoms with van der Waals surface area (Å²) in [6, 6.07) is 3.57. The van der Waals surface area contributed by atoms with Crippen molar-refractivity contribution in [3.05, 3.63) is 35.2 Å². The van der Waals surface area contributed by atoms with Gasteiger partial charge in [-0.25, -0.2) is 9.59 Å². The number of carbonyl (C=O) groups excluding carboxylic acids is 2. The molecule has 33 heavy (non-hydrogen) atoms. The Morgan fingerprint density at radius 1 is 1.03 bits per heavy atom. The molecule has 2 aromatic rings. The molecule has 0 saturated carbocycles.